The molecule has 1 rings (SSSR count). The first-order valence-corrected chi connectivity index (χ1v) is 3.92. The summed E-state index contributed by atoms with van der Waals surface area (Å²) in [4.78, 5) is 12.0. The Kier molecular flexibility index (Phi) is 3.11. The van der Waals surface area contributed by atoms with Crippen molar-refractivity contribution in [3.8, 4) is 0 Å². The van der Waals surface area contributed by atoms with Gasteiger partial charge in [0.2, 0.25) is 6.41 Å². The van der Waals surface area contributed by atoms with Gasteiger partial charge in [0.25, 0.3) is 0 Å². The number of carbonyl (C=O) groups is 1. The summed E-state index contributed by atoms with van der Waals surface area (Å²) in [5, 5.41) is 0.618. The first-order chi connectivity index (χ1) is 5.77. The largest absolute Gasteiger partial charge is 0.315 e. The van der Waals surface area contributed by atoms with E-state index in [0.717, 1.165) is 12.1 Å². The molecule has 0 aliphatic heterocycles. The molecule has 0 aliphatic carbocycles. The van der Waals surface area contributed by atoms with Gasteiger partial charge in [0.05, 0.1) is 0 Å². The Balaban J connectivity index is 2.93. The van der Waals surface area contributed by atoms with Gasteiger partial charge < -0.3 is 4.90 Å². The van der Waals surface area contributed by atoms with Crippen LogP contribution in [0.5, 0.6) is 0 Å². The number of amides is 1. The Morgan fingerprint density at radius 2 is 2.33 bits per heavy atom. The van der Waals surface area contributed by atoms with Gasteiger partial charge in [0.15, 0.2) is 0 Å². The first kappa shape index (κ1) is 9.07. The maximum Gasteiger partial charge on any atom is 0.214 e. The highest BCUT2D eigenvalue weighted by Crippen LogP contribution is 2.17. The van der Waals surface area contributed by atoms with Crippen LogP contribution in [0.2, 0.25) is 5.02 Å². The lowest BCUT2D eigenvalue weighted by Crippen LogP contribution is -2.19. The molecular formula is C9H9ClNO. The molecule has 0 saturated carbocycles. The number of benzene rings is 1. The summed E-state index contributed by atoms with van der Waals surface area (Å²) in [6.07, 6.45) is 0.735. The molecule has 0 N–H and O–H groups in total. The maximum atomic E-state index is 10.5. The van der Waals surface area contributed by atoms with Gasteiger partial charge in [0, 0.05) is 17.3 Å². The Bertz CT molecular complexity index is 275. The van der Waals surface area contributed by atoms with Gasteiger partial charge in [-0.05, 0) is 25.1 Å². The summed E-state index contributed by atoms with van der Waals surface area (Å²) in [5.41, 5.74) is 0.771. The van der Waals surface area contributed by atoms with Gasteiger partial charge in [-0.1, -0.05) is 17.7 Å². The van der Waals surface area contributed by atoms with E-state index in [1.165, 1.54) is 4.90 Å². The zero-order chi connectivity index (χ0) is 8.97. The first-order valence-electron chi connectivity index (χ1n) is 3.54. The Morgan fingerprint density at radius 3 is 2.83 bits per heavy atom. The predicted octanol–water partition coefficient (Wildman–Crippen LogP) is 2.14. The topological polar surface area (TPSA) is 20.3 Å². The summed E-state index contributed by atoms with van der Waals surface area (Å²) < 4.78 is 0. The van der Waals surface area contributed by atoms with Crippen molar-refractivity contribution in [3.05, 3.63) is 36.2 Å². The van der Waals surface area contributed by atoms with Crippen LogP contribution in [-0.4, -0.2) is 13.0 Å². The van der Waals surface area contributed by atoms with Crippen molar-refractivity contribution < 1.29 is 4.79 Å². The van der Waals surface area contributed by atoms with Crippen molar-refractivity contribution in [2.75, 3.05) is 11.4 Å². The molecule has 0 fully saturated rings. The third-order valence-corrected chi connectivity index (χ3v) is 1.74. The van der Waals surface area contributed by atoms with Crippen LogP contribution >= 0.6 is 11.6 Å². The average molecular weight is 183 g/mol. The van der Waals surface area contributed by atoms with Crippen molar-refractivity contribution >= 4 is 23.7 Å². The molecule has 1 aromatic carbocycles. The Labute approximate surface area is 76.8 Å². The molecule has 0 atom stereocenters. The number of carbonyl (C=O) groups excluding carboxylic acids is 1. The highest BCUT2D eigenvalue weighted by molar-refractivity contribution is 6.30. The second kappa shape index (κ2) is 4.12. The van der Waals surface area contributed by atoms with Crippen LogP contribution in [-0.2, 0) is 4.79 Å². The number of halogens is 1. The van der Waals surface area contributed by atoms with E-state index in [2.05, 4.69) is 6.92 Å². The van der Waals surface area contributed by atoms with Gasteiger partial charge in [0.1, 0.15) is 0 Å². The number of nitrogens with zero attached hydrogens (tertiary/aromatic N) is 1. The Morgan fingerprint density at radius 1 is 1.58 bits per heavy atom. The van der Waals surface area contributed by atoms with E-state index in [4.69, 9.17) is 11.6 Å². The zero-order valence-corrected chi connectivity index (χ0v) is 7.29. The number of hydrogen-bond acceptors (Lipinski definition) is 1. The highest BCUT2D eigenvalue weighted by Gasteiger charge is 2.01. The normalized spacial score (nSPS) is 9.50. The number of hydrogen-bond donors (Lipinski definition) is 0. The van der Waals surface area contributed by atoms with Crippen LogP contribution in [0.25, 0.3) is 0 Å². The number of rotatable bonds is 3. The molecule has 1 radical (unpaired) electrons. The summed E-state index contributed by atoms with van der Waals surface area (Å²) in [5.74, 6) is 0. The van der Waals surface area contributed by atoms with Crippen molar-refractivity contribution in [2.45, 2.75) is 0 Å². The minimum Gasteiger partial charge on any atom is -0.315 e. The molecule has 0 heterocycles. The molecule has 0 aromatic heterocycles. The fourth-order valence-electron chi connectivity index (χ4n) is 0.897. The minimum atomic E-state index is 0.407. The second-order valence-corrected chi connectivity index (χ2v) is 2.72. The fourth-order valence-corrected chi connectivity index (χ4v) is 1.08. The van der Waals surface area contributed by atoms with E-state index >= 15 is 0 Å². The van der Waals surface area contributed by atoms with Crippen molar-refractivity contribution in [1.82, 2.24) is 0 Å². The molecule has 1 aromatic rings. The van der Waals surface area contributed by atoms with Gasteiger partial charge in [-0.25, -0.2) is 0 Å². The molecule has 0 spiro atoms. The molecule has 3 heteroatoms. The lowest BCUT2D eigenvalue weighted by Gasteiger charge is -2.14. The SMILES string of the molecule is [CH2]CN(C=O)c1cccc(Cl)c1. The van der Waals surface area contributed by atoms with Crippen LogP contribution in [0.3, 0.4) is 0 Å². The highest BCUT2D eigenvalue weighted by atomic mass is 35.5. The number of anilines is 1. The van der Waals surface area contributed by atoms with Crippen LogP contribution in [0.15, 0.2) is 24.3 Å². The summed E-state index contributed by atoms with van der Waals surface area (Å²) in [6.45, 7) is 4.02. The quantitative estimate of drug-likeness (QED) is 0.656. The molecule has 2 nitrogen and oxygen atoms in total. The Hall–Kier alpha value is -1.02. The van der Waals surface area contributed by atoms with E-state index in [1.54, 1.807) is 18.2 Å². The van der Waals surface area contributed by atoms with Gasteiger partial charge in [-0.15, -0.1) is 0 Å². The predicted molar refractivity (Wildman–Crippen MR) is 50.2 cm³/mol. The van der Waals surface area contributed by atoms with Gasteiger partial charge in [-0.3, -0.25) is 4.79 Å². The average Bonchev–Trinajstić information content (AvgIpc) is 2.07. The van der Waals surface area contributed by atoms with Crippen LogP contribution in [0.4, 0.5) is 5.69 Å². The lowest BCUT2D eigenvalue weighted by molar-refractivity contribution is -0.107. The van der Waals surface area contributed by atoms with Crippen molar-refractivity contribution in [2.24, 2.45) is 0 Å². The standard InChI is InChI=1S/C9H9ClNO/c1-2-11(7-12)9-5-3-4-8(10)6-9/h3-7H,1-2H2. The third kappa shape index (κ3) is 1.98. The molecule has 0 bridgehead atoms. The van der Waals surface area contributed by atoms with Crippen molar-refractivity contribution in [3.63, 3.8) is 0 Å². The van der Waals surface area contributed by atoms with Crippen molar-refractivity contribution in [1.29, 1.82) is 0 Å². The van der Waals surface area contributed by atoms with Crippen LogP contribution in [0.1, 0.15) is 0 Å². The second-order valence-electron chi connectivity index (χ2n) is 2.28. The van der Waals surface area contributed by atoms with E-state index < -0.39 is 0 Å². The lowest BCUT2D eigenvalue weighted by atomic mass is 10.3. The van der Waals surface area contributed by atoms with Gasteiger partial charge in [-0.2, -0.15) is 0 Å². The van der Waals surface area contributed by atoms with E-state index in [-0.39, 0.29) is 0 Å². The molecular weight excluding hydrogens is 174 g/mol. The molecule has 1 amide bonds. The van der Waals surface area contributed by atoms with E-state index in [1.807, 2.05) is 6.07 Å². The van der Waals surface area contributed by atoms with Crippen LogP contribution < -0.4 is 4.90 Å². The van der Waals surface area contributed by atoms with Gasteiger partial charge >= 0.3 is 0 Å². The molecule has 63 valence electrons. The monoisotopic (exact) mass is 182 g/mol. The molecule has 0 aliphatic rings. The van der Waals surface area contributed by atoms with E-state index in [0.29, 0.717) is 11.6 Å². The maximum absolute atomic E-state index is 10.5. The van der Waals surface area contributed by atoms with E-state index in [9.17, 15) is 4.79 Å². The summed E-state index contributed by atoms with van der Waals surface area (Å²) >= 11 is 5.74. The van der Waals surface area contributed by atoms with Crippen LogP contribution in [0, 0.1) is 6.92 Å². The molecule has 0 unspecified atom stereocenters. The smallest absolute Gasteiger partial charge is 0.214 e. The molecule has 12 heavy (non-hydrogen) atoms. The summed E-state index contributed by atoms with van der Waals surface area (Å²) in [6, 6.07) is 7.09. The third-order valence-electron chi connectivity index (χ3n) is 1.51. The molecule has 0 saturated heterocycles. The summed E-state index contributed by atoms with van der Waals surface area (Å²) in [7, 11) is 0. The minimum absolute atomic E-state index is 0.407. The fraction of sp³-hybridized carbons (Fsp3) is 0.111. The zero-order valence-electron chi connectivity index (χ0n) is 6.53.